The largest absolute Gasteiger partial charge is 0.299 e. The van der Waals surface area contributed by atoms with Crippen molar-refractivity contribution in [3.8, 4) is 0 Å². The van der Waals surface area contributed by atoms with Gasteiger partial charge in [0.1, 0.15) is 4.90 Å². The molecule has 6 heteroatoms. The standard InChI is InChI=1S/C7H7ClNO3S/c1-4-2-7(13(10,11)12)6(9)3-5(4)8/h2-3,9H,1H3,(H,10,11,12). The highest BCUT2D eigenvalue weighted by Gasteiger charge is 2.15. The summed E-state index contributed by atoms with van der Waals surface area (Å²) in [6.45, 7) is 1.59. The summed E-state index contributed by atoms with van der Waals surface area (Å²) < 4.78 is 30.1. The summed E-state index contributed by atoms with van der Waals surface area (Å²) in [7, 11) is -4.32. The van der Waals surface area contributed by atoms with Gasteiger partial charge in [0.05, 0.1) is 5.69 Å². The van der Waals surface area contributed by atoms with E-state index in [1.807, 2.05) is 0 Å². The summed E-state index contributed by atoms with van der Waals surface area (Å²) in [4.78, 5) is -0.422. The van der Waals surface area contributed by atoms with Gasteiger partial charge >= 0.3 is 0 Å². The smallest absolute Gasteiger partial charge is 0.296 e. The quantitative estimate of drug-likeness (QED) is 0.733. The minimum absolute atomic E-state index is 0.303. The van der Waals surface area contributed by atoms with E-state index < -0.39 is 15.0 Å². The molecule has 0 saturated heterocycles. The van der Waals surface area contributed by atoms with Crippen molar-refractivity contribution < 1.29 is 13.0 Å². The zero-order valence-electron chi connectivity index (χ0n) is 6.70. The first-order chi connectivity index (χ1) is 5.82. The summed E-state index contributed by atoms with van der Waals surface area (Å²) in [5.41, 5.74) is 7.44. The SMILES string of the molecule is Cc1cc(S(=O)(=O)O)c([NH])cc1Cl. The molecule has 0 unspecified atom stereocenters. The number of rotatable bonds is 1. The Labute approximate surface area is 81.1 Å². The Morgan fingerprint density at radius 1 is 1.46 bits per heavy atom. The molecule has 0 aliphatic carbocycles. The Kier molecular flexibility index (Phi) is 2.51. The molecule has 1 aromatic carbocycles. The first kappa shape index (κ1) is 10.3. The fourth-order valence-electron chi connectivity index (χ4n) is 0.868. The predicted molar refractivity (Wildman–Crippen MR) is 48.8 cm³/mol. The first-order valence-corrected chi connectivity index (χ1v) is 5.13. The van der Waals surface area contributed by atoms with Gasteiger partial charge in [0.25, 0.3) is 10.1 Å². The van der Waals surface area contributed by atoms with Crippen LogP contribution in [-0.2, 0) is 10.1 Å². The number of halogens is 1. The molecule has 2 N–H and O–H groups in total. The van der Waals surface area contributed by atoms with Crippen LogP contribution in [0.3, 0.4) is 0 Å². The second-order valence-corrected chi connectivity index (χ2v) is 4.37. The van der Waals surface area contributed by atoms with Crippen LogP contribution in [0, 0.1) is 6.92 Å². The molecule has 0 fully saturated rings. The van der Waals surface area contributed by atoms with E-state index >= 15 is 0 Å². The minimum atomic E-state index is -4.32. The van der Waals surface area contributed by atoms with Crippen LogP contribution >= 0.6 is 11.6 Å². The van der Waals surface area contributed by atoms with E-state index in [0.29, 0.717) is 10.6 Å². The molecule has 1 radical (unpaired) electrons. The number of hydrogen-bond donors (Lipinski definition) is 1. The number of benzene rings is 1. The third kappa shape index (κ3) is 2.12. The molecular formula is C7H7ClNO3S. The van der Waals surface area contributed by atoms with Crippen LogP contribution in [-0.4, -0.2) is 13.0 Å². The third-order valence-corrected chi connectivity index (χ3v) is 2.84. The van der Waals surface area contributed by atoms with Crippen molar-refractivity contribution in [1.82, 2.24) is 5.73 Å². The Morgan fingerprint density at radius 3 is 2.46 bits per heavy atom. The maximum absolute atomic E-state index is 10.7. The van der Waals surface area contributed by atoms with Crippen LogP contribution in [0.5, 0.6) is 0 Å². The van der Waals surface area contributed by atoms with Gasteiger partial charge in [0.2, 0.25) is 0 Å². The third-order valence-electron chi connectivity index (χ3n) is 1.54. The van der Waals surface area contributed by atoms with Gasteiger partial charge in [-0.25, -0.2) is 0 Å². The average Bonchev–Trinajstić information content (AvgIpc) is 1.94. The summed E-state index contributed by atoms with van der Waals surface area (Å²) in [6, 6.07) is 2.35. The highest BCUT2D eigenvalue weighted by Crippen LogP contribution is 2.26. The van der Waals surface area contributed by atoms with E-state index in [0.717, 1.165) is 0 Å². The summed E-state index contributed by atoms with van der Waals surface area (Å²) in [6.07, 6.45) is 0. The van der Waals surface area contributed by atoms with Crippen LogP contribution in [0.25, 0.3) is 0 Å². The lowest BCUT2D eigenvalue weighted by Gasteiger charge is -2.04. The molecule has 0 saturated carbocycles. The van der Waals surface area contributed by atoms with Gasteiger partial charge in [-0.1, -0.05) is 11.6 Å². The molecule has 0 amide bonds. The van der Waals surface area contributed by atoms with Crippen molar-refractivity contribution in [3.63, 3.8) is 0 Å². The van der Waals surface area contributed by atoms with Crippen LogP contribution in [0.1, 0.15) is 5.56 Å². The first-order valence-electron chi connectivity index (χ1n) is 3.31. The van der Waals surface area contributed by atoms with Crippen molar-refractivity contribution in [1.29, 1.82) is 0 Å². The highest BCUT2D eigenvalue weighted by molar-refractivity contribution is 7.86. The number of hydrogen-bond acceptors (Lipinski definition) is 2. The molecule has 71 valence electrons. The van der Waals surface area contributed by atoms with Crippen LogP contribution < -0.4 is 5.73 Å². The Balaban J connectivity index is 3.50. The van der Waals surface area contributed by atoms with E-state index in [1.165, 1.54) is 12.1 Å². The number of nitrogens with one attached hydrogen (secondary N) is 1. The molecule has 0 atom stereocenters. The molecule has 0 bridgehead atoms. The van der Waals surface area contributed by atoms with E-state index in [-0.39, 0.29) is 5.69 Å². The molecule has 0 heterocycles. The maximum atomic E-state index is 10.7. The highest BCUT2D eigenvalue weighted by atomic mass is 35.5. The number of aryl methyl sites for hydroxylation is 1. The Morgan fingerprint density at radius 2 is 2.00 bits per heavy atom. The fourth-order valence-corrected chi connectivity index (χ4v) is 1.69. The average molecular weight is 221 g/mol. The second-order valence-electron chi connectivity index (χ2n) is 2.57. The van der Waals surface area contributed by atoms with Gasteiger partial charge < -0.3 is 0 Å². The van der Waals surface area contributed by atoms with Crippen molar-refractivity contribution in [2.75, 3.05) is 0 Å². The van der Waals surface area contributed by atoms with Gasteiger partial charge in [-0.3, -0.25) is 10.3 Å². The Bertz CT molecular complexity index is 441. The predicted octanol–water partition coefficient (Wildman–Crippen LogP) is 1.81. The van der Waals surface area contributed by atoms with Crippen molar-refractivity contribution in [2.45, 2.75) is 11.8 Å². The van der Waals surface area contributed by atoms with Gasteiger partial charge in [0.15, 0.2) is 0 Å². The summed E-state index contributed by atoms with van der Waals surface area (Å²) in [5.74, 6) is 0. The monoisotopic (exact) mass is 220 g/mol. The fraction of sp³-hybridized carbons (Fsp3) is 0.143. The van der Waals surface area contributed by atoms with Gasteiger partial charge in [-0.2, -0.15) is 8.42 Å². The molecule has 1 rings (SSSR count). The zero-order valence-corrected chi connectivity index (χ0v) is 8.28. The van der Waals surface area contributed by atoms with Gasteiger partial charge in [0, 0.05) is 5.02 Å². The molecule has 13 heavy (non-hydrogen) atoms. The molecule has 0 aliphatic heterocycles. The molecule has 1 aromatic rings. The lowest BCUT2D eigenvalue weighted by Crippen LogP contribution is -2.00. The van der Waals surface area contributed by atoms with E-state index in [1.54, 1.807) is 6.92 Å². The molecule has 0 spiro atoms. The lowest BCUT2D eigenvalue weighted by molar-refractivity contribution is 0.483. The van der Waals surface area contributed by atoms with Crippen LogP contribution in [0.4, 0.5) is 5.69 Å². The molecular weight excluding hydrogens is 214 g/mol. The van der Waals surface area contributed by atoms with Crippen molar-refractivity contribution >= 4 is 27.4 Å². The normalized spacial score (nSPS) is 11.6. The van der Waals surface area contributed by atoms with Crippen molar-refractivity contribution in [2.24, 2.45) is 0 Å². The Hall–Kier alpha value is -0.780. The molecule has 4 nitrogen and oxygen atoms in total. The summed E-state index contributed by atoms with van der Waals surface area (Å²) >= 11 is 5.64. The van der Waals surface area contributed by atoms with Crippen LogP contribution in [0.15, 0.2) is 17.0 Å². The van der Waals surface area contributed by atoms with E-state index in [9.17, 15) is 8.42 Å². The van der Waals surface area contributed by atoms with Crippen molar-refractivity contribution in [3.05, 3.63) is 22.7 Å². The van der Waals surface area contributed by atoms with Gasteiger partial charge in [-0.15, -0.1) is 0 Å². The van der Waals surface area contributed by atoms with E-state index in [2.05, 4.69) is 0 Å². The van der Waals surface area contributed by atoms with Gasteiger partial charge in [-0.05, 0) is 24.6 Å². The second kappa shape index (κ2) is 3.17. The topological polar surface area (TPSA) is 78.2 Å². The molecule has 0 aliphatic rings. The summed E-state index contributed by atoms with van der Waals surface area (Å²) in [5, 5.41) is 0.303. The zero-order chi connectivity index (χ0) is 10.2. The van der Waals surface area contributed by atoms with Crippen LogP contribution in [0.2, 0.25) is 5.02 Å². The minimum Gasteiger partial charge on any atom is -0.299 e. The lowest BCUT2D eigenvalue weighted by atomic mass is 10.2. The maximum Gasteiger partial charge on any atom is 0.296 e. The van der Waals surface area contributed by atoms with E-state index in [4.69, 9.17) is 21.9 Å². The molecule has 0 aromatic heterocycles.